The van der Waals surface area contributed by atoms with Gasteiger partial charge in [-0.15, -0.1) is 0 Å². The van der Waals surface area contributed by atoms with E-state index in [4.69, 9.17) is 5.73 Å². The summed E-state index contributed by atoms with van der Waals surface area (Å²) in [4.78, 5) is 47.3. The number of nitrogens with one attached hydrogen (secondary N) is 3. The van der Waals surface area contributed by atoms with Gasteiger partial charge in [-0.1, -0.05) is 17.8 Å². The SMILES string of the molecule is NC(=O)CNC(=O)Nc1cccc(NC(=O)CCN2CCSC2=O)c1. The fourth-order valence-electron chi connectivity index (χ4n) is 2.11. The van der Waals surface area contributed by atoms with Crippen LogP contribution in [-0.2, 0) is 9.59 Å². The molecule has 0 unspecified atom stereocenters. The quantitative estimate of drug-likeness (QED) is 0.567. The molecule has 0 saturated carbocycles. The molecule has 5 amide bonds. The molecule has 0 atom stereocenters. The minimum Gasteiger partial charge on any atom is -0.368 e. The van der Waals surface area contributed by atoms with E-state index in [1.807, 2.05) is 0 Å². The summed E-state index contributed by atoms with van der Waals surface area (Å²) in [7, 11) is 0. The lowest BCUT2D eigenvalue weighted by Gasteiger charge is -2.14. The van der Waals surface area contributed by atoms with Crippen molar-refractivity contribution < 1.29 is 19.2 Å². The number of primary amides is 1. The number of amides is 5. The number of carbonyl (C=O) groups is 4. The zero-order chi connectivity index (χ0) is 18.2. The van der Waals surface area contributed by atoms with Crippen LogP contribution in [0.1, 0.15) is 6.42 Å². The summed E-state index contributed by atoms with van der Waals surface area (Å²) in [5.41, 5.74) is 5.90. The van der Waals surface area contributed by atoms with Gasteiger partial charge in [0.15, 0.2) is 0 Å². The molecule has 9 nitrogen and oxygen atoms in total. The summed E-state index contributed by atoms with van der Waals surface area (Å²) in [6.45, 7) is 0.775. The fourth-order valence-corrected chi connectivity index (χ4v) is 2.96. The summed E-state index contributed by atoms with van der Waals surface area (Å²) >= 11 is 1.25. The lowest BCUT2D eigenvalue weighted by molar-refractivity contribution is -0.117. The molecule has 2 rings (SSSR count). The van der Waals surface area contributed by atoms with Crippen LogP contribution in [0, 0.1) is 0 Å². The number of carbonyl (C=O) groups excluding carboxylic acids is 4. The second kappa shape index (κ2) is 8.92. The molecule has 1 heterocycles. The van der Waals surface area contributed by atoms with Crippen molar-refractivity contribution in [3.63, 3.8) is 0 Å². The Morgan fingerprint density at radius 1 is 1.20 bits per heavy atom. The van der Waals surface area contributed by atoms with Crippen LogP contribution in [0.2, 0.25) is 0 Å². The average Bonchev–Trinajstić information content (AvgIpc) is 2.96. The van der Waals surface area contributed by atoms with Gasteiger partial charge in [0.25, 0.3) is 5.24 Å². The van der Waals surface area contributed by atoms with E-state index in [0.717, 1.165) is 5.75 Å². The van der Waals surface area contributed by atoms with E-state index < -0.39 is 11.9 Å². The molecule has 0 aromatic heterocycles. The maximum Gasteiger partial charge on any atom is 0.319 e. The van der Waals surface area contributed by atoms with Crippen molar-refractivity contribution in [1.29, 1.82) is 0 Å². The van der Waals surface area contributed by atoms with Crippen molar-refractivity contribution in [1.82, 2.24) is 10.2 Å². The topological polar surface area (TPSA) is 134 Å². The van der Waals surface area contributed by atoms with E-state index in [1.54, 1.807) is 29.2 Å². The number of nitrogens with zero attached hydrogens (tertiary/aromatic N) is 1. The first kappa shape index (κ1) is 18.6. The smallest absolute Gasteiger partial charge is 0.319 e. The molecule has 1 aromatic carbocycles. The van der Waals surface area contributed by atoms with Crippen molar-refractivity contribution in [2.45, 2.75) is 6.42 Å². The average molecular weight is 365 g/mol. The van der Waals surface area contributed by atoms with Crippen molar-refractivity contribution in [2.75, 3.05) is 36.0 Å². The number of benzene rings is 1. The Morgan fingerprint density at radius 2 is 1.92 bits per heavy atom. The molecule has 0 aliphatic carbocycles. The molecule has 5 N–H and O–H groups in total. The van der Waals surface area contributed by atoms with Crippen LogP contribution >= 0.6 is 11.8 Å². The van der Waals surface area contributed by atoms with Gasteiger partial charge >= 0.3 is 6.03 Å². The molecule has 0 spiro atoms. The normalized spacial score (nSPS) is 13.4. The first-order valence-electron chi connectivity index (χ1n) is 7.59. The zero-order valence-electron chi connectivity index (χ0n) is 13.4. The van der Waals surface area contributed by atoms with Crippen LogP contribution in [0.5, 0.6) is 0 Å². The first-order valence-corrected chi connectivity index (χ1v) is 8.57. The maximum absolute atomic E-state index is 12.0. The van der Waals surface area contributed by atoms with Crippen molar-refractivity contribution in [2.24, 2.45) is 5.73 Å². The van der Waals surface area contributed by atoms with E-state index in [-0.39, 0.29) is 24.1 Å². The third-order valence-corrected chi connectivity index (χ3v) is 4.17. The molecule has 25 heavy (non-hydrogen) atoms. The Morgan fingerprint density at radius 3 is 2.56 bits per heavy atom. The Kier molecular flexibility index (Phi) is 6.63. The van der Waals surface area contributed by atoms with E-state index in [0.29, 0.717) is 24.5 Å². The monoisotopic (exact) mass is 365 g/mol. The molecule has 10 heteroatoms. The van der Waals surface area contributed by atoms with Gasteiger partial charge in [-0.3, -0.25) is 14.4 Å². The third kappa shape index (κ3) is 6.34. The Bertz CT molecular complexity index is 682. The van der Waals surface area contributed by atoms with Gasteiger partial charge in [0, 0.05) is 36.6 Å². The van der Waals surface area contributed by atoms with Crippen LogP contribution in [0.3, 0.4) is 0 Å². The predicted octanol–water partition coefficient (Wildman–Crippen LogP) is 0.791. The lowest BCUT2D eigenvalue weighted by Crippen LogP contribution is -2.36. The number of hydrogen-bond donors (Lipinski definition) is 4. The second-order valence-corrected chi connectivity index (χ2v) is 6.30. The van der Waals surface area contributed by atoms with Crippen LogP contribution in [0.25, 0.3) is 0 Å². The Balaban J connectivity index is 1.81. The lowest BCUT2D eigenvalue weighted by atomic mass is 10.2. The van der Waals surface area contributed by atoms with Gasteiger partial charge in [0.05, 0.1) is 6.54 Å². The predicted molar refractivity (Wildman–Crippen MR) is 95.3 cm³/mol. The molecule has 0 radical (unpaired) electrons. The standard InChI is InChI=1S/C15H19N5O4S/c16-12(21)9-17-14(23)19-11-3-1-2-10(8-11)18-13(22)4-5-20-6-7-25-15(20)24/h1-3,8H,4-7,9H2,(H2,16,21)(H,18,22)(H2,17,19,23). The van der Waals surface area contributed by atoms with E-state index in [1.165, 1.54) is 11.8 Å². The second-order valence-electron chi connectivity index (χ2n) is 5.25. The summed E-state index contributed by atoms with van der Waals surface area (Å²) in [6, 6.07) is 5.99. The molecular weight excluding hydrogens is 346 g/mol. The molecule has 1 fully saturated rings. The maximum atomic E-state index is 12.0. The van der Waals surface area contributed by atoms with Gasteiger partial charge in [0.2, 0.25) is 11.8 Å². The highest BCUT2D eigenvalue weighted by atomic mass is 32.2. The number of rotatable bonds is 7. The van der Waals surface area contributed by atoms with E-state index >= 15 is 0 Å². The van der Waals surface area contributed by atoms with Crippen LogP contribution in [-0.4, -0.2) is 53.4 Å². The molecular formula is C15H19N5O4S. The van der Waals surface area contributed by atoms with Crippen LogP contribution in [0.4, 0.5) is 21.0 Å². The summed E-state index contributed by atoms with van der Waals surface area (Å²) in [6.07, 6.45) is 0.197. The van der Waals surface area contributed by atoms with Gasteiger partial charge in [-0.05, 0) is 18.2 Å². The van der Waals surface area contributed by atoms with Crippen molar-refractivity contribution >= 4 is 46.2 Å². The Hall–Kier alpha value is -2.75. The highest BCUT2D eigenvalue weighted by Gasteiger charge is 2.21. The highest BCUT2D eigenvalue weighted by Crippen LogP contribution is 2.18. The number of nitrogens with two attached hydrogens (primary N) is 1. The molecule has 1 aromatic rings. The molecule has 0 bridgehead atoms. The molecule has 1 aliphatic rings. The van der Waals surface area contributed by atoms with Crippen molar-refractivity contribution in [3.8, 4) is 0 Å². The van der Waals surface area contributed by atoms with Gasteiger partial charge in [0.1, 0.15) is 0 Å². The van der Waals surface area contributed by atoms with Gasteiger partial charge in [-0.2, -0.15) is 0 Å². The van der Waals surface area contributed by atoms with Crippen LogP contribution < -0.4 is 21.7 Å². The van der Waals surface area contributed by atoms with Crippen molar-refractivity contribution in [3.05, 3.63) is 24.3 Å². The largest absolute Gasteiger partial charge is 0.368 e. The van der Waals surface area contributed by atoms with Gasteiger partial charge < -0.3 is 26.6 Å². The number of hydrogen-bond acceptors (Lipinski definition) is 5. The van der Waals surface area contributed by atoms with Gasteiger partial charge in [-0.25, -0.2) is 4.79 Å². The minimum absolute atomic E-state index is 0.000899. The van der Waals surface area contributed by atoms with Crippen LogP contribution in [0.15, 0.2) is 24.3 Å². The fraction of sp³-hybridized carbons (Fsp3) is 0.333. The summed E-state index contributed by atoms with van der Waals surface area (Å²) < 4.78 is 0. The van der Waals surface area contributed by atoms with E-state index in [2.05, 4.69) is 16.0 Å². The summed E-state index contributed by atoms with van der Waals surface area (Å²) in [5.74, 6) is -0.113. The summed E-state index contributed by atoms with van der Waals surface area (Å²) in [5, 5.41) is 7.54. The van der Waals surface area contributed by atoms with E-state index in [9.17, 15) is 19.2 Å². The zero-order valence-corrected chi connectivity index (χ0v) is 14.2. The highest BCUT2D eigenvalue weighted by molar-refractivity contribution is 8.13. The number of anilines is 2. The molecule has 134 valence electrons. The molecule has 1 saturated heterocycles. The number of urea groups is 1. The molecule has 1 aliphatic heterocycles. The first-order chi connectivity index (χ1) is 11.9. The minimum atomic E-state index is -0.647. The number of thioether (sulfide) groups is 1. The third-order valence-electron chi connectivity index (χ3n) is 3.28. The Labute approximate surface area is 148 Å².